The number of nitrogens with one attached hydrogen (secondary N) is 1. The number of anilines is 1. The van der Waals surface area contributed by atoms with Gasteiger partial charge in [0.05, 0.1) is 20.7 Å². The van der Waals surface area contributed by atoms with E-state index in [-0.39, 0.29) is 18.1 Å². The first-order chi connectivity index (χ1) is 9.04. The van der Waals surface area contributed by atoms with Crippen molar-refractivity contribution < 1.29 is 9.59 Å². The molecule has 1 aromatic heterocycles. The average molecular weight is 312 g/mol. The van der Waals surface area contributed by atoms with E-state index in [1.165, 1.54) is 11.3 Å². The normalized spacial score (nSPS) is 13.3. The Morgan fingerprint density at radius 3 is 2.74 bits per heavy atom. The molecule has 0 radical (unpaired) electrons. The number of ketones is 1. The standard InChI is InChI=1S/C13H7Cl2NO2S/c14-8-5-9-6(4-12(17)16-9)3-7(8)13(18)10-1-2-11(15)19-10/h1-3,5H,4H2,(H,16,17). The van der Waals surface area contributed by atoms with Crippen LogP contribution in [0.15, 0.2) is 24.3 Å². The van der Waals surface area contributed by atoms with Crippen LogP contribution in [0.5, 0.6) is 0 Å². The van der Waals surface area contributed by atoms with Gasteiger partial charge in [0, 0.05) is 11.3 Å². The van der Waals surface area contributed by atoms with Crippen LogP contribution in [0.4, 0.5) is 5.69 Å². The Morgan fingerprint density at radius 2 is 2.05 bits per heavy atom. The fraction of sp³-hybridized carbons (Fsp3) is 0.0769. The minimum absolute atomic E-state index is 0.0881. The molecule has 96 valence electrons. The molecule has 1 aliphatic rings. The van der Waals surface area contributed by atoms with Gasteiger partial charge in [-0.25, -0.2) is 0 Å². The molecule has 19 heavy (non-hydrogen) atoms. The van der Waals surface area contributed by atoms with Crippen molar-refractivity contribution in [2.24, 2.45) is 0 Å². The summed E-state index contributed by atoms with van der Waals surface area (Å²) in [7, 11) is 0. The van der Waals surface area contributed by atoms with Crippen molar-refractivity contribution in [3.63, 3.8) is 0 Å². The summed E-state index contributed by atoms with van der Waals surface area (Å²) >= 11 is 13.1. The zero-order chi connectivity index (χ0) is 13.6. The summed E-state index contributed by atoms with van der Waals surface area (Å²) in [5, 5.41) is 3.02. The van der Waals surface area contributed by atoms with Crippen LogP contribution in [0, 0.1) is 0 Å². The van der Waals surface area contributed by atoms with Gasteiger partial charge in [-0.1, -0.05) is 23.2 Å². The molecule has 0 saturated carbocycles. The molecule has 0 bridgehead atoms. The van der Waals surface area contributed by atoms with E-state index >= 15 is 0 Å². The number of carbonyl (C=O) groups is 2. The number of hydrogen-bond donors (Lipinski definition) is 1. The molecule has 1 aromatic carbocycles. The molecule has 0 aliphatic carbocycles. The maximum atomic E-state index is 12.3. The van der Waals surface area contributed by atoms with Crippen LogP contribution >= 0.6 is 34.5 Å². The number of halogens is 2. The first kappa shape index (κ1) is 12.7. The van der Waals surface area contributed by atoms with E-state index in [1.54, 1.807) is 24.3 Å². The van der Waals surface area contributed by atoms with Crippen molar-refractivity contribution in [2.75, 3.05) is 5.32 Å². The molecule has 2 aromatic rings. The number of thiophene rings is 1. The summed E-state index contributed by atoms with van der Waals surface area (Å²) in [6.07, 6.45) is 0.276. The second-order valence-electron chi connectivity index (χ2n) is 4.15. The molecule has 2 heterocycles. The van der Waals surface area contributed by atoms with Crippen LogP contribution in [-0.4, -0.2) is 11.7 Å². The third-order valence-corrected chi connectivity index (χ3v) is 4.40. The molecule has 0 fully saturated rings. The second-order valence-corrected chi connectivity index (χ2v) is 6.27. The number of amides is 1. The van der Waals surface area contributed by atoms with Gasteiger partial charge in [0.1, 0.15) is 0 Å². The topological polar surface area (TPSA) is 46.2 Å². The molecule has 1 N–H and O–H groups in total. The summed E-state index contributed by atoms with van der Waals surface area (Å²) < 4.78 is 0.553. The number of fused-ring (bicyclic) bond motifs is 1. The fourth-order valence-electron chi connectivity index (χ4n) is 1.99. The van der Waals surface area contributed by atoms with Gasteiger partial charge in [-0.3, -0.25) is 9.59 Å². The van der Waals surface area contributed by atoms with Gasteiger partial charge in [0.15, 0.2) is 0 Å². The van der Waals surface area contributed by atoms with Gasteiger partial charge < -0.3 is 5.32 Å². The largest absolute Gasteiger partial charge is 0.325 e. The maximum Gasteiger partial charge on any atom is 0.228 e. The molecule has 1 aliphatic heterocycles. The molecule has 0 spiro atoms. The number of hydrogen-bond acceptors (Lipinski definition) is 3. The third kappa shape index (κ3) is 2.27. The van der Waals surface area contributed by atoms with Crippen LogP contribution in [-0.2, 0) is 11.2 Å². The molecular formula is C13H7Cl2NO2S. The molecular weight excluding hydrogens is 305 g/mol. The molecule has 3 rings (SSSR count). The van der Waals surface area contributed by atoms with Gasteiger partial charge >= 0.3 is 0 Å². The fourth-order valence-corrected chi connectivity index (χ4v) is 3.24. The lowest BCUT2D eigenvalue weighted by molar-refractivity contribution is -0.115. The summed E-state index contributed by atoms with van der Waals surface area (Å²) in [4.78, 5) is 24.2. The van der Waals surface area contributed by atoms with Crippen LogP contribution in [0.3, 0.4) is 0 Å². The van der Waals surface area contributed by atoms with E-state index in [4.69, 9.17) is 23.2 Å². The third-order valence-electron chi connectivity index (χ3n) is 2.86. The van der Waals surface area contributed by atoms with Crippen molar-refractivity contribution in [2.45, 2.75) is 6.42 Å². The second kappa shape index (κ2) is 4.63. The van der Waals surface area contributed by atoms with Gasteiger partial charge in [-0.15, -0.1) is 11.3 Å². The van der Waals surface area contributed by atoms with Crippen molar-refractivity contribution in [3.05, 3.63) is 49.6 Å². The Balaban J connectivity index is 2.04. The monoisotopic (exact) mass is 311 g/mol. The molecule has 0 unspecified atom stereocenters. The highest BCUT2D eigenvalue weighted by Crippen LogP contribution is 2.32. The zero-order valence-electron chi connectivity index (χ0n) is 9.50. The van der Waals surface area contributed by atoms with E-state index in [9.17, 15) is 9.59 Å². The lowest BCUT2D eigenvalue weighted by Crippen LogP contribution is -2.03. The van der Waals surface area contributed by atoms with Crippen LogP contribution in [0.25, 0.3) is 0 Å². The highest BCUT2D eigenvalue weighted by Gasteiger charge is 2.23. The summed E-state index contributed by atoms with van der Waals surface area (Å²) in [5.41, 5.74) is 1.87. The molecule has 3 nitrogen and oxygen atoms in total. The summed E-state index contributed by atoms with van der Waals surface area (Å²) in [6.45, 7) is 0. The molecule has 0 atom stereocenters. The van der Waals surface area contributed by atoms with Gasteiger partial charge in [0.2, 0.25) is 11.7 Å². The smallest absolute Gasteiger partial charge is 0.228 e. The van der Waals surface area contributed by atoms with E-state index in [1.807, 2.05) is 0 Å². The molecule has 6 heteroatoms. The minimum atomic E-state index is -0.177. The quantitative estimate of drug-likeness (QED) is 0.858. The van der Waals surface area contributed by atoms with Gasteiger partial charge in [-0.05, 0) is 29.8 Å². The van der Waals surface area contributed by atoms with E-state index in [0.717, 1.165) is 5.56 Å². The van der Waals surface area contributed by atoms with Crippen molar-refractivity contribution in [1.82, 2.24) is 0 Å². The maximum absolute atomic E-state index is 12.3. The SMILES string of the molecule is O=C1Cc2cc(C(=O)c3ccc(Cl)s3)c(Cl)cc2N1. The van der Waals surface area contributed by atoms with Gasteiger partial charge in [-0.2, -0.15) is 0 Å². The predicted molar refractivity (Wildman–Crippen MR) is 76.5 cm³/mol. The van der Waals surface area contributed by atoms with Crippen molar-refractivity contribution >= 4 is 51.9 Å². The van der Waals surface area contributed by atoms with Crippen molar-refractivity contribution in [1.29, 1.82) is 0 Å². The minimum Gasteiger partial charge on any atom is -0.325 e. The van der Waals surface area contributed by atoms with Crippen LogP contribution in [0.2, 0.25) is 9.36 Å². The Hall–Kier alpha value is -1.36. The van der Waals surface area contributed by atoms with Crippen LogP contribution in [0.1, 0.15) is 20.8 Å². The Kier molecular flexibility index (Phi) is 3.09. The lowest BCUT2D eigenvalue weighted by Gasteiger charge is -2.05. The van der Waals surface area contributed by atoms with Gasteiger partial charge in [0.25, 0.3) is 0 Å². The zero-order valence-corrected chi connectivity index (χ0v) is 11.8. The van der Waals surface area contributed by atoms with Crippen LogP contribution < -0.4 is 5.32 Å². The number of benzene rings is 1. The first-order valence-corrected chi connectivity index (χ1v) is 7.04. The predicted octanol–water partition coefficient (Wildman–Crippen LogP) is 3.78. The Labute approximate surface area is 123 Å². The number of carbonyl (C=O) groups excluding carboxylic acids is 2. The summed E-state index contributed by atoms with van der Waals surface area (Å²) in [5.74, 6) is -0.265. The van der Waals surface area contributed by atoms with E-state index in [0.29, 0.717) is 25.5 Å². The number of rotatable bonds is 2. The lowest BCUT2D eigenvalue weighted by atomic mass is 10.0. The Morgan fingerprint density at radius 1 is 1.26 bits per heavy atom. The van der Waals surface area contributed by atoms with Crippen molar-refractivity contribution in [3.8, 4) is 0 Å². The molecule has 1 amide bonds. The highest BCUT2D eigenvalue weighted by molar-refractivity contribution is 7.18. The molecule has 0 saturated heterocycles. The summed E-state index contributed by atoms with van der Waals surface area (Å²) in [6, 6.07) is 6.63. The highest BCUT2D eigenvalue weighted by atomic mass is 35.5. The Bertz CT molecular complexity index is 709. The average Bonchev–Trinajstić information content (AvgIpc) is 2.92. The van der Waals surface area contributed by atoms with E-state index in [2.05, 4.69) is 5.32 Å². The van der Waals surface area contributed by atoms with E-state index < -0.39 is 0 Å². The first-order valence-electron chi connectivity index (χ1n) is 5.47.